The van der Waals surface area contributed by atoms with Crippen molar-refractivity contribution < 1.29 is 4.79 Å². The minimum Gasteiger partial charge on any atom is -0.398 e. The Kier molecular flexibility index (Phi) is 3.79. The molecule has 2 aromatic rings. The van der Waals surface area contributed by atoms with Gasteiger partial charge in [0.05, 0.1) is 0 Å². The van der Waals surface area contributed by atoms with Gasteiger partial charge in [0.2, 0.25) is 5.91 Å². The zero-order valence-corrected chi connectivity index (χ0v) is 11.9. The van der Waals surface area contributed by atoms with E-state index in [0.29, 0.717) is 16.5 Å². The summed E-state index contributed by atoms with van der Waals surface area (Å²) in [4.78, 5) is 24.6. The van der Waals surface area contributed by atoms with Crippen LogP contribution in [0.4, 0.5) is 5.69 Å². The lowest BCUT2D eigenvalue weighted by atomic mass is 10.0. The molecule has 20 heavy (non-hydrogen) atoms. The minimum atomic E-state index is -0.529. The van der Waals surface area contributed by atoms with Crippen LogP contribution in [0.1, 0.15) is 19.9 Å². The number of carbonyl (C=O) groups is 1. The van der Waals surface area contributed by atoms with Crippen LogP contribution in [0.15, 0.2) is 35.3 Å². The lowest BCUT2D eigenvalue weighted by Gasteiger charge is -2.22. The summed E-state index contributed by atoms with van der Waals surface area (Å²) in [7, 11) is 1.57. The van der Waals surface area contributed by atoms with Crippen LogP contribution in [0.2, 0.25) is 0 Å². The maximum absolute atomic E-state index is 12.6. The van der Waals surface area contributed by atoms with Gasteiger partial charge in [0.1, 0.15) is 6.04 Å². The number of nitrogens with zero attached hydrogens (tertiary/aromatic N) is 1. The van der Waals surface area contributed by atoms with Crippen LogP contribution in [0, 0.1) is 5.92 Å². The van der Waals surface area contributed by atoms with Gasteiger partial charge in [-0.2, -0.15) is 0 Å². The molecule has 0 aliphatic carbocycles. The highest BCUT2D eigenvalue weighted by Gasteiger charge is 2.24. The van der Waals surface area contributed by atoms with Gasteiger partial charge in [-0.3, -0.25) is 9.59 Å². The number of nitrogens with one attached hydrogen (secondary N) is 1. The van der Waals surface area contributed by atoms with Crippen LogP contribution >= 0.6 is 0 Å². The molecule has 0 fully saturated rings. The summed E-state index contributed by atoms with van der Waals surface area (Å²) in [5.74, 6) is -0.170. The minimum absolute atomic E-state index is 0.00570. The first kappa shape index (κ1) is 14.1. The number of carbonyl (C=O) groups excluding carboxylic acids is 1. The molecular weight excluding hydrogens is 254 g/mol. The normalized spacial score (nSPS) is 12.6. The summed E-state index contributed by atoms with van der Waals surface area (Å²) >= 11 is 0. The van der Waals surface area contributed by atoms with Gasteiger partial charge in [-0.25, -0.2) is 0 Å². The van der Waals surface area contributed by atoms with Crippen molar-refractivity contribution in [1.82, 2.24) is 9.88 Å². The molecule has 0 saturated heterocycles. The summed E-state index contributed by atoms with van der Waals surface area (Å²) in [6.07, 6.45) is 1.64. The third-order valence-corrected chi connectivity index (χ3v) is 3.45. The number of nitrogens with two attached hydrogens (primary N) is 1. The molecule has 106 valence electrons. The van der Waals surface area contributed by atoms with Crippen molar-refractivity contribution in [2.45, 2.75) is 19.9 Å². The summed E-state index contributed by atoms with van der Waals surface area (Å²) < 4.78 is 1.48. The van der Waals surface area contributed by atoms with Gasteiger partial charge in [-0.05, 0) is 24.1 Å². The SMILES string of the molecule is CNC(=O)[C@@H](C(C)C)n1ccc2c(N)cccc2c1=O. The molecule has 0 aliphatic heterocycles. The Morgan fingerprint density at radius 2 is 1.95 bits per heavy atom. The number of hydrogen-bond acceptors (Lipinski definition) is 3. The van der Waals surface area contributed by atoms with E-state index in [1.165, 1.54) is 4.57 Å². The molecule has 3 N–H and O–H groups in total. The second kappa shape index (κ2) is 5.36. The van der Waals surface area contributed by atoms with Gasteiger partial charge in [0.15, 0.2) is 0 Å². The van der Waals surface area contributed by atoms with Crippen LogP contribution in [0.25, 0.3) is 10.8 Å². The van der Waals surface area contributed by atoms with Crippen LogP contribution in [-0.2, 0) is 4.79 Å². The van der Waals surface area contributed by atoms with Crippen molar-refractivity contribution in [3.05, 3.63) is 40.8 Å². The highest BCUT2D eigenvalue weighted by atomic mass is 16.2. The topological polar surface area (TPSA) is 77.1 Å². The summed E-state index contributed by atoms with van der Waals surface area (Å²) in [6, 6.07) is 6.48. The van der Waals surface area contributed by atoms with E-state index in [9.17, 15) is 9.59 Å². The Balaban J connectivity index is 2.69. The van der Waals surface area contributed by atoms with E-state index in [1.807, 2.05) is 13.8 Å². The number of aromatic nitrogens is 1. The second-order valence-electron chi connectivity index (χ2n) is 5.14. The average Bonchev–Trinajstić information content (AvgIpc) is 2.41. The van der Waals surface area contributed by atoms with E-state index in [1.54, 1.807) is 37.5 Å². The third-order valence-electron chi connectivity index (χ3n) is 3.45. The van der Waals surface area contributed by atoms with Crippen LogP contribution in [-0.4, -0.2) is 17.5 Å². The molecule has 1 atom stereocenters. The summed E-state index contributed by atoms with van der Waals surface area (Å²) in [5, 5.41) is 3.85. The molecule has 1 amide bonds. The molecule has 2 rings (SSSR count). The Morgan fingerprint density at radius 3 is 2.55 bits per heavy atom. The molecule has 1 aromatic carbocycles. The fourth-order valence-electron chi connectivity index (χ4n) is 2.43. The van der Waals surface area contributed by atoms with E-state index in [2.05, 4.69) is 5.32 Å². The lowest BCUT2D eigenvalue weighted by Crippen LogP contribution is -2.38. The van der Waals surface area contributed by atoms with E-state index >= 15 is 0 Å². The third kappa shape index (κ3) is 2.27. The van der Waals surface area contributed by atoms with Crippen molar-refractivity contribution in [3.8, 4) is 0 Å². The molecule has 5 heteroatoms. The van der Waals surface area contributed by atoms with Crippen LogP contribution in [0.5, 0.6) is 0 Å². The molecule has 1 heterocycles. The number of amides is 1. The van der Waals surface area contributed by atoms with Gasteiger partial charge in [0, 0.05) is 29.7 Å². The molecule has 5 nitrogen and oxygen atoms in total. The van der Waals surface area contributed by atoms with Gasteiger partial charge in [-0.15, -0.1) is 0 Å². The Hall–Kier alpha value is -2.30. The maximum atomic E-state index is 12.6. The number of anilines is 1. The number of benzene rings is 1. The first-order valence-electron chi connectivity index (χ1n) is 6.58. The quantitative estimate of drug-likeness (QED) is 0.832. The summed E-state index contributed by atoms with van der Waals surface area (Å²) in [6.45, 7) is 3.83. The van der Waals surface area contributed by atoms with Crippen molar-refractivity contribution in [2.75, 3.05) is 12.8 Å². The fraction of sp³-hybridized carbons (Fsp3) is 0.333. The van der Waals surface area contributed by atoms with Crippen molar-refractivity contribution in [1.29, 1.82) is 0 Å². The van der Waals surface area contributed by atoms with Crippen LogP contribution in [0.3, 0.4) is 0 Å². The Labute approximate surface area is 117 Å². The Morgan fingerprint density at radius 1 is 1.25 bits per heavy atom. The standard InChI is InChI=1S/C15H19N3O2/c1-9(2)13(14(19)17-3)18-8-7-10-11(15(18)20)5-4-6-12(10)16/h4-9,13H,16H2,1-3H3,(H,17,19)/t13-/m1/s1. The molecule has 0 saturated carbocycles. The molecule has 0 spiro atoms. The first-order valence-corrected chi connectivity index (χ1v) is 6.58. The highest BCUT2D eigenvalue weighted by molar-refractivity contribution is 5.92. The number of pyridine rings is 1. The highest BCUT2D eigenvalue weighted by Crippen LogP contribution is 2.21. The predicted molar refractivity (Wildman–Crippen MR) is 80.6 cm³/mol. The fourth-order valence-corrected chi connectivity index (χ4v) is 2.43. The van der Waals surface area contributed by atoms with Crippen molar-refractivity contribution in [2.24, 2.45) is 5.92 Å². The van der Waals surface area contributed by atoms with E-state index in [0.717, 1.165) is 0 Å². The zero-order valence-electron chi connectivity index (χ0n) is 11.9. The number of hydrogen-bond donors (Lipinski definition) is 2. The van der Waals surface area contributed by atoms with E-state index < -0.39 is 6.04 Å². The molecule has 0 aliphatic rings. The Bertz CT molecular complexity index is 704. The molecule has 0 unspecified atom stereocenters. The number of likely N-dealkylation sites (N-methyl/N-ethyl adjacent to an activating group) is 1. The average molecular weight is 273 g/mol. The second-order valence-corrected chi connectivity index (χ2v) is 5.14. The van der Waals surface area contributed by atoms with E-state index in [-0.39, 0.29) is 17.4 Å². The molecule has 1 aromatic heterocycles. The van der Waals surface area contributed by atoms with Crippen molar-refractivity contribution >= 4 is 22.4 Å². The number of fused-ring (bicyclic) bond motifs is 1. The molecular formula is C15H19N3O2. The lowest BCUT2D eigenvalue weighted by molar-refractivity contribution is -0.125. The number of nitrogen functional groups attached to an aromatic ring is 1. The zero-order chi connectivity index (χ0) is 14.9. The first-order chi connectivity index (χ1) is 9.47. The monoisotopic (exact) mass is 273 g/mol. The van der Waals surface area contributed by atoms with E-state index in [4.69, 9.17) is 5.73 Å². The van der Waals surface area contributed by atoms with Crippen molar-refractivity contribution in [3.63, 3.8) is 0 Å². The molecule has 0 radical (unpaired) electrons. The van der Waals surface area contributed by atoms with Gasteiger partial charge in [0.25, 0.3) is 5.56 Å². The van der Waals surface area contributed by atoms with Gasteiger partial charge < -0.3 is 15.6 Å². The maximum Gasteiger partial charge on any atom is 0.259 e. The van der Waals surface area contributed by atoms with Gasteiger partial charge in [-0.1, -0.05) is 19.9 Å². The smallest absolute Gasteiger partial charge is 0.259 e. The predicted octanol–water partition coefficient (Wildman–Crippen LogP) is 1.53. The summed E-state index contributed by atoms with van der Waals surface area (Å²) in [5.41, 5.74) is 6.24. The largest absolute Gasteiger partial charge is 0.398 e. The molecule has 0 bridgehead atoms. The van der Waals surface area contributed by atoms with Crippen LogP contribution < -0.4 is 16.6 Å². The van der Waals surface area contributed by atoms with Gasteiger partial charge >= 0.3 is 0 Å². The number of rotatable bonds is 3.